The molecule has 0 saturated heterocycles. The second-order valence-electron chi connectivity index (χ2n) is 7.85. The molecule has 1 aliphatic rings. The SMILES string of the molecule is NC(=O)[C@@H]1Cc2ccccc2CN1C(=O)c1cc(-c2ccccc2)nn1-c1ccccc1. The lowest BCUT2D eigenvalue weighted by molar-refractivity contribution is -0.122. The van der Waals surface area contributed by atoms with E-state index in [0.29, 0.717) is 24.4 Å². The van der Waals surface area contributed by atoms with Crippen molar-refractivity contribution >= 4 is 11.8 Å². The molecule has 3 aromatic carbocycles. The van der Waals surface area contributed by atoms with Crippen LogP contribution in [0.1, 0.15) is 21.6 Å². The fourth-order valence-corrected chi connectivity index (χ4v) is 4.19. The lowest BCUT2D eigenvalue weighted by Gasteiger charge is -2.35. The van der Waals surface area contributed by atoms with Crippen molar-refractivity contribution in [2.45, 2.75) is 19.0 Å². The molecule has 1 aliphatic heterocycles. The van der Waals surface area contributed by atoms with E-state index in [2.05, 4.69) is 0 Å². The first-order valence-corrected chi connectivity index (χ1v) is 10.5. The van der Waals surface area contributed by atoms with Crippen LogP contribution in [-0.4, -0.2) is 32.5 Å². The standard InChI is InChI=1S/C26H22N4O2/c27-25(31)23-15-19-11-7-8-12-20(19)17-29(23)26(32)24-16-22(18-9-3-1-4-10-18)28-30(24)21-13-5-2-6-14-21/h1-14,16,23H,15,17H2,(H2,27,31)/t23-/m0/s1. The lowest BCUT2D eigenvalue weighted by Crippen LogP contribution is -2.51. The highest BCUT2D eigenvalue weighted by Gasteiger charge is 2.35. The van der Waals surface area contributed by atoms with Crippen LogP contribution in [0.15, 0.2) is 91.0 Å². The first kappa shape index (κ1) is 19.8. The highest BCUT2D eigenvalue weighted by molar-refractivity contribution is 5.97. The summed E-state index contributed by atoms with van der Waals surface area (Å²) in [5, 5.41) is 4.73. The van der Waals surface area contributed by atoms with Crippen molar-refractivity contribution in [1.82, 2.24) is 14.7 Å². The smallest absolute Gasteiger partial charge is 0.273 e. The van der Waals surface area contributed by atoms with Gasteiger partial charge in [-0.05, 0) is 29.3 Å². The predicted octanol–water partition coefficient (Wildman–Crippen LogP) is 3.59. The van der Waals surface area contributed by atoms with Gasteiger partial charge < -0.3 is 10.6 Å². The van der Waals surface area contributed by atoms with Crippen LogP contribution < -0.4 is 5.73 Å². The number of aromatic nitrogens is 2. The third-order valence-electron chi connectivity index (χ3n) is 5.84. The molecule has 0 saturated carbocycles. The van der Waals surface area contributed by atoms with Gasteiger partial charge in [-0.1, -0.05) is 72.8 Å². The Balaban J connectivity index is 1.61. The molecule has 0 unspecified atom stereocenters. The van der Waals surface area contributed by atoms with Gasteiger partial charge in [-0.2, -0.15) is 5.10 Å². The molecular weight excluding hydrogens is 400 g/mol. The fourth-order valence-electron chi connectivity index (χ4n) is 4.19. The quantitative estimate of drug-likeness (QED) is 0.546. The van der Waals surface area contributed by atoms with Crippen LogP contribution in [0.2, 0.25) is 0 Å². The number of amides is 2. The summed E-state index contributed by atoms with van der Waals surface area (Å²) in [5.41, 5.74) is 10.5. The van der Waals surface area contributed by atoms with Crippen LogP contribution in [0.4, 0.5) is 0 Å². The Morgan fingerprint density at radius 2 is 1.47 bits per heavy atom. The van der Waals surface area contributed by atoms with Gasteiger partial charge in [-0.25, -0.2) is 4.68 Å². The fraction of sp³-hybridized carbons (Fsp3) is 0.115. The third kappa shape index (κ3) is 3.56. The Morgan fingerprint density at radius 1 is 0.844 bits per heavy atom. The average Bonchev–Trinajstić information content (AvgIpc) is 3.29. The Labute approximate surface area is 185 Å². The van der Waals surface area contributed by atoms with E-state index in [1.165, 1.54) is 0 Å². The van der Waals surface area contributed by atoms with Crippen molar-refractivity contribution in [3.05, 3.63) is 108 Å². The van der Waals surface area contributed by atoms with Crippen LogP contribution in [-0.2, 0) is 17.8 Å². The summed E-state index contributed by atoms with van der Waals surface area (Å²) < 4.78 is 1.64. The van der Waals surface area contributed by atoms with Crippen molar-refractivity contribution < 1.29 is 9.59 Å². The summed E-state index contributed by atoms with van der Waals surface area (Å²) >= 11 is 0. The van der Waals surface area contributed by atoms with E-state index < -0.39 is 11.9 Å². The van der Waals surface area contributed by atoms with Crippen molar-refractivity contribution in [2.24, 2.45) is 5.73 Å². The van der Waals surface area contributed by atoms with Gasteiger partial charge in [-0.3, -0.25) is 9.59 Å². The summed E-state index contributed by atoms with van der Waals surface area (Å²) in [7, 11) is 0. The van der Waals surface area contributed by atoms with Crippen LogP contribution in [0.3, 0.4) is 0 Å². The number of nitrogens with zero attached hydrogens (tertiary/aromatic N) is 3. The number of nitrogens with two attached hydrogens (primary N) is 1. The molecule has 158 valence electrons. The van der Waals surface area contributed by atoms with E-state index in [1.807, 2.05) is 84.9 Å². The second kappa shape index (κ2) is 8.15. The van der Waals surface area contributed by atoms with Gasteiger partial charge in [0.1, 0.15) is 11.7 Å². The predicted molar refractivity (Wildman–Crippen MR) is 122 cm³/mol. The molecule has 32 heavy (non-hydrogen) atoms. The van der Waals surface area contributed by atoms with Gasteiger partial charge in [0, 0.05) is 18.5 Å². The Hall–Kier alpha value is -4.19. The second-order valence-corrected chi connectivity index (χ2v) is 7.85. The monoisotopic (exact) mass is 422 g/mol. The molecule has 1 aromatic heterocycles. The summed E-state index contributed by atoms with van der Waals surface area (Å²) in [6.45, 7) is 0.323. The van der Waals surface area contributed by atoms with Crippen molar-refractivity contribution in [2.75, 3.05) is 0 Å². The largest absolute Gasteiger partial charge is 0.368 e. The van der Waals surface area contributed by atoms with Crippen LogP contribution in [0.25, 0.3) is 16.9 Å². The molecule has 0 spiro atoms. The van der Waals surface area contributed by atoms with Crippen LogP contribution in [0, 0.1) is 0 Å². The van der Waals surface area contributed by atoms with E-state index in [4.69, 9.17) is 10.8 Å². The number of hydrogen-bond acceptors (Lipinski definition) is 3. The van der Waals surface area contributed by atoms with Gasteiger partial charge in [-0.15, -0.1) is 0 Å². The molecule has 0 radical (unpaired) electrons. The number of hydrogen-bond donors (Lipinski definition) is 1. The maximum Gasteiger partial charge on any atom is 0.273 e. The van der Waals surface area contributed by atoms with E-state index in [-0.39, 0.29) is 5.91 Å². The summed E-state index contributed by atoms with van der Waals surface area (Å²) in [4.78, 5) is 27.7. The first-order valence-electron chi connectivity index (χ1n) is 10.5. The Bertz CT molecular complexity index is 1280. The van der Waals surface area contributed by atoms with E-state index in [1.54, 1.807) is 15.6 Å². The van der Waals surface area contributed by atoms with Crippen LogP contribution in [0.5, 0.6) is 0 Å². The molecular formula is C26H22N4O2. The van der Waals surface area contributed by atoms with E-state index >= 15 is 0 Å². The number of fused-ring (bicyclic) bond motifs is 1. The summed E-state index contributed by atoms with van der Waals surface area (Å²) in [6, 6.07) is 28.1. The molecule has 2 N–H and O–H groups in total. The van der Waals surface area contributed by atoms with Gasteiger partial charge in [0.15, 0.2) is 0 Å². The van der Waals surface area contributed by atoms with Gasteiger partial charge >= 0.3 is 0 Å². The highest BCUT2D eigenvalue weighted by Crippen LogP contribution is 2.28. The Morgan fingerprint density at radius 3 is 2.16 bits per heavy atom. The number of para-hydroxylation sites is 1. The molecule has 0 aliphatic carbocycles. The minimum atomic E-state index is -0.711. The third-order valence-corrected chi connectivity index (χ3v) is 5.84. The van der Waals surface area contributed by atoms with E-state index in [0.717, 1.165) is 22.4 Å². The molecule has 6 heteroatoms. The summed E-state index contributed by atoms with van der Waals surface area (Å²) in [5.74, 6) is -0.788. The van der Waals surface area contributed by atoms with Gasteiger partial charge in [0.25, 0.3) is 5.91 Å². The number of rotatable bonds is 4. The zero-order chi connectivity index (χ0) is 22.1. The minimum absolute atomic E-state index is 0.276. The van der Waals surface area contributed by atoms with Crippen molar-refractivity contribution in [1.29, 1.82) is 0 Å². The molecule has 0 bridgehead atoms. The zero-order valence-electron chi connectivity index (χ0n) is 17.4. The molecule has 4 aromatic rings. The highest BCUT2D eigenvalue weighted by atomic mass is 16.2. The van der Waals surface area contributed by atoms with Crippen molar-refractivity contribution in [3.8, 4) is 16.9 Å². The maximum absolute atomic E-state index is 13.8. The van der Waals surface area contributed by atoms with Crippen molar-refractivity contribution in [3.63, 3.8) is 0 Å². The summed E-state index contributed by atoms with van der Waals surface area (Å²) in [6.07, 6.45) is 0.405. The molecule has 6 nitrogen and oxygen atoms in total. The molecule has 2 amide bonds. The number of carbonyl (C=O) groups is 2. The molecule has 0 fully saturated rings. The van der Waals surface area contributed by atoms with E-state index in [9.17, 15) is 9.59 Å². The number of carbonyl (C=O) groups excluding carboxylic acids is 2. The topological polar surface area (TPSA) is 81.2 Å². The Kier molecular flexibility index (Phi) is 5.03. The molecule has 5 rings (SSSR count). The van der Waals surface area contributed by atoms with Crippen LogP contribution >= 0.6 is 0 Å². The lowest BCUT2D eigenvalue weighted by atomic mass is 9.93. The van der Waals surface area contributed by atoms with Gasteiger partial charge in [0.05, 0.1) is 11.4 Å². The number of benzene rings is 3. The number of primary amides is 1. The molecule has 1 atom stereocenters. The maximum atomic E-state index is 13.8. The normalized spacial score (nSPS) is 15.2. The van der Waals surface area contributed by atoms with Gasteiger partial charge in [0.2, 0.25) is 5.91 Å². The average molecular weight is 422 g/mol. The first-order chi connectivity index (χ1) is 15.6. The molecule has 2 heterocycles. The zero-order valence-corrected chi connectivity index (χ0v) is 17.4. The minimum Gasteiger partial charge on any atom is -0.368 e.